The summed E-state index contributed by atoms with van der Waals surface area (Å²) in [7, 11) is 0. The van der Waals surface area contributed by atoms with Crippen LogP contribution in [0.2, 0.25) is 5.15 Å². The van der Waals surface area contributed by atoms with Crippen LogP contribution in [0.25, 0.3) is 44.8 Å². The summed E-state index contributed by atoms with van der Waals surface area (Å²) in [5, 5.41) is 17.4. The van der Waals surface area contributed by atoms with Crippen LogP contribution in [0.5, 0.6) is 0 Å². The first kappa shape index (κ1) is 22.5. The fourth-order valence-electron chi connectivity index (χ4n) is 4.00. The van der Waals surface area contributed by atoms with Crippen molar-refractivity contribution in [3.8, 4) is 44.8 Å². The van der Waals surface area contributed by atoms with Crippen molar-refractivity contribution in [3.05, 3.63) is 102 Å². The molecule has 0 aliphatic heterocycles. The molecule has 35 heavy (non-hydrogen) atoms. The molecule has 2 heterocycles. The summed E-state index contributed by atoms with van der Waals surface area (Å²) in [6, 6.07) is 32.0. The van der Waals surface area contributed by atoms with Crippen LogP contribution < -0.4 is 11.3 Å². The SMILES string of the molecule is CCc1cc(Cl)nnc1-c1cccc(-c2cccc(-c3cc(NN)nnc3-c3c#cccc3)c2)c1. The van der Waals surface area contributed by atoms with E-state index in [-0.39, 0.29) is 0 Å². The van der Waals surface area contributed by atoms with Crippen molar-refractivity contribution in [2.45, 2.75) is 13.3 Å². The van der Waals surface area contributed by atoms with Crippen LogP contribution in [-0.2, 0) is 6.42 Å². The van der Waals surface area contributed by atoms with E-state index in [9.17, 15) is 0 Å². The molecule has 6 nitrogen and oxygen atoms in total. The molecule has 0 spiro atoms. The molecule has 5 rings (SSSR count). The van der Waals surface area contributed by atoms with Gasteiger partial charge in [0.2, 0.25) is 0 Å². The number of anilines is 1. The topological polar surface area (TPSA) is 89.6 Å². The van der Waals surface area contributed by atoms with Crippen LogP contribution >= 0.6 is 11.6 Å². The number of nitrogens with one attached hydrogen (secondary N) is 1. The third-order valence-electron chi connectivity index (χ3n) is 5.71. The van der Waals surface area contributed by atoms with Crippen molar-refractivity contribution in [1.82, 2.24) is 20.4 Å². The van der Waals surface area contributed by atoms with Gasteiger partial charge in [-0.05, 0) is 65.1 Å². The largest absolute Gasteiger partial charge is 0.307 e. The minimum absolute atomic E-state index is 0.399. The zero-order valence-electron chi connectivity index (χ0n) is 19.0. The van der Waals surface area contributed by atoms with Gasteiger partial charge in [0.05, 0.1) is 11.3 Å². The Morgan fingerprint density at radius 2 is 1.51 bits per heavy atom. The molecule has 0 aliphatic carbocycles. The van der Waals surface area contributed by atoms with E-state index in [2.05, 4.69) is 69.1 Å². The van der Waals surface area contributed by atoms with Crippen molar-refractivity contribution in [1.29, 1.82) is 0 Å². The van der Waals surface area contributed by atoms with Crippen LogP contribution in [0.3, 0.4) is 0 Å². The molecule has 3 N–H and O–H groups in total. The van der Waals surface area contributed by atoms with Crippen molar-refractivity contribution < 1.29 is 0 Å². The first-order valence-corrected chi connectivity index (χ1v) is 11.5. The molecule has 0 amide bonds. The minimum Gasteiger partial charge on any atom is -0.307 e. The molecule has 0 fully saturated rings. The maximum atomic E-state index is 6.06. The lowest BCUT2D eigenvalue weighted by molar-refractivity contribution is 0.992. The normalized spacial score (nSPS) is 10.6. The third-order valence-corrected chi connectivity index (χ3v) is 5.90. The van der Waals surface area contributed by atoms with Crippen molar-refractivity contribution in [2.24, 2.45) is 5.84 Å². The first-order chi connectivity index (χ1) is 17.2. The van der Waals surface area contributed by atoms with Crippen LogP contribution in [0.15, 0.2) is 78.9 Å². The van der Waals surface area contributed by atoms with E-state index in [0.29, 0.717) is 16.7 Å². The fourth-order valence-corrected chi connectivity index (χ4v) is 4.17. The molecule has 0 bridgehead atoms. The molecule has 0 unspecified atom stereocenters. The molecular formula is C28H21ClN6. The van der Waals surface area contributed by atoms with Gasteiger partial charge < -0.3 is 5.43 Å². The Morgan fingerprint density at radius 3 is 2.23 bits per heavy atom. The van der Waals surface area contributed by atoms with Gasteiger partial charge in [0.1, 0.15) is 5.69 Å². The Labute approximate surface area is 208 Å². The van der Waals surface area contributed by atoms with E-state index in [4.69, 9.17) is 17.4 Å². The van der Waals surface area contributed by atoms with Crippen LogP contribution in [0, 0.1) is 12.1 Å². The molecule has 170 valence electrons. The maximum Gasteiger partial charge on any atom is 0.163 e. The first-order valence-electron chi connectivity index (χ1n) is 11.1. The fraction of sp³-hybridized carbons (Fsp3) is 0.0714. The smallest absolute Gasteiger partial charge is 0.163 e. The number of benzene rings is 2. The zero-order valence-corrected chi connectivity index (χ0v) is 19.7. The molecule has 0 atom stereocenters. The number of nitrogens with two attached hydrogens (primary N) is 1. The molecule has 2 aromatic heterocycles. The number of aromatic nitrogens is 4. The van der Waals surface area contributed by atoms with E-state index < -0.39 is 0 Å². The second-order valence-corrected chi connectivity index (χ2v) is 8.29. The van der Waals surface area contributed by atoms with Gasteiger partial charge in [-0.15, -0.1) is 20.4 Å². The van der Waals surface area contributed by atoms with Gasteiger partial charge in [-0.3, -0.25) is 0 Å². The summed E-state index contributed by atoms with van der Waals surface area (Å²) in [6.07, 6.45) is 0.813. The molecule has 0 saturated heterocycles. The number of nitrogen functional groups attached to an aromatic ring is 1. The average molecular weight is 477 g/mol. The predicted molar refractivity (Wildman–Crippen MR) is 139 cm³/mol. The van der Waals surface area contributed by atoms with E-state index in [1.54, 1.807) is 6.07 Å². The second-order valence-electron chi connectivity index (χ2n) is 7.90. The van der Waals surface area contributed by atoms with E-state index in [1.165, 1.54) is 0 Å². The Kier molecular flexibility index (Phi) is 6.36. The number of halogens is 1. The molecule has 7 heteroatoms. The summed E-state index contributed by atoms with van der Waals surface area (Å²) < 4.78 is 0. The van der Waals surface area contributed by atoms with Crippen molar-refractivity contribution in [3.63, 3.8) is 0 Å². The Hall–Kier alpha value is -4.31. The second kappa shape index (κ2) is 9.90. The molecule has 5 aromatic rings. The van der Waals surface area contributed by atoms with Crippen molar-refractivity contribution in [2.75, 3.05) is 5.43 Å². The van der Waals surface area contributed by atoms with E-state index in [0.717, 1.165) is 51.1 Å². The Bertz CT molecular complexity index is 1490. The monoisotopic (exact) mass is 476 g/mol. The molecule has 3 aromatic carbocycles. The summed E-state index contributed by atoms with van der Waals surface area (Å²) in [4.78, 5) is 0. The molecule has 0 aliphatic rings. The molecular weight excluding hydrogens is 456 g/mol. The van der Waals surface area contributed by atoms with Gasteiger partial charge in [-0.1, -0.05) is 73.1 Å². The highest BCUT2D eigenvalue weighted by Gasteiger charge is 2.14. The van der Waals surface area contributed by atoms with Crippen LogP contribution in [0.4, 0.5) is 5.82 Å². The summed E-state index contributed by atoms with van der Waals surface area (Å²) in [5.74, 6) is 6.10. The summed E-state index contributed by atoms with van der Waals surface area (Å²) >= 11 is 6.06. The number of aryl methyl sites for hydroxylation is 1. The number of hydrogen-bond acceptors (Lipinski definition) is 6. The lowest BCUT2D eigenvalue weighted by atomic mass is 9.95. The maximum absolute atomic E-state index is 6.06. The number of hydrogen-bond donors (Lipinski definition) is 2. The lowest BCUT2D eigenvalue weighted by Crippen LogP contribution is -2.09. The number of nitrogens with zero attached hydrogens (tertiary/aromatic N) is 4. The van der Waals surface area contributed by atoms with E-state index >= 15 is 0 Å². The quantitative estimate of drug-likeness (QED) is 0.229. The third kappa shape index (κ3) is 4.69. The lowest BCUT2D eigenvalue weighted by Gasteiger charge is -2.12. The summed E-state index contributed by atoms with van der Waals surface area (Å²) in [6.45, 7) is 2.08. The number of hydrazine groups is 1. The van der Waals surface area contributed by atoms with Gasteiger partial charge in [0.25, 0.3) is 0 Å². The van der Waals surface area contributed by atoms with Crippen molar-refractivity contribution >= 4 is 17.4 Å². The van der Waals surface area contributed by atoms with Gasteiger partial charge in [-0.2, -0.15) is 0 Å². The number of rotatable bonds is 6. The van der Waals surface area contributed by atoms with Crippen LogP contribution in [0.1, 0.15) is 12.5 Å². The summed E-state index contributed by atoms with van der Waals surface area (Å²) in [5.41, 5.74) is 11.0. The Balaban J connectivity index is 1.59. The highest BCUT2D eigenvalue weighted by Crippen LogP contribution is 2.34. The van der Waals surface area contributed by atoms with Gasteiger partial charge in [0, 0.05) is 11.1 Å². The highest BCUT2D eigenvalue weighted by atomic mass is 35.5. The van der Waals surface area contributed by atoms with Crippen LogP contribution in [-0.4, -0.2) is 20.4 Å². The van der Waals surface area contributed by atoms with Gasteiger partial charge in [0.15, 0.2) is 11.0 Å². The van der Waals surface area contributed by atoms with Gasteiger partial charge >= 0.3 is 0 Å². The highest BCUT2D eigenvalue weighted by molar-refractivity contribution is 6.29. The molecule has 0 saturated carbocycles. The van der Waals surface area contributed by atoms with E-state index in [1.807, 2.05) is 48.5 Å². The predicted octanol–water partition coefficient (Wildman–Crippen LogP) is 6.04. The molecule has 0 radical (unpaired) electrons. The Morgan fingerprint density at radius 1 is 0.800 bits per heavy atom. The van der Waals surface area contributed by atoms with Gasteiger partial charge in [-0.25, -0.2) is 5.84 Å². The standard InChI is InChI=1S/C28H21ClN6/c1-2-18-16-25(29)32-34-27(18)23-13-7-11-21(15-23)20-10-6-12-22(14-20)24-17-26(31-30)33-35-28(24)19-8-4-3-5-9-19/h3-4,6-8,10-17H,2,30H2,1H3,(H,31,33). The zero-order chi connectivity index (χ0) is 24.2. The minimum atomic E-state index is 0.399. The average Bonchev–Trinajstić information content (AvgIpc) is 2.93.